The van der Waals surface area contributed by atoms with E-state index in [1.54, 1.807) is 24.3 Å². The third kappa shape index (κ3) is 3.91. The maximum Gasteiger partial charge on any atom is 0.318 e. The molecular weight excluding hydrogens is 246 g/mol. The molecule has 0 fully saturated rings. The van der Waals surface area contributed by atoms with E-state index in [0.29, 0.717) is 5.56 Å². The van der Waals surface area contributed by atoms with Crippen molar-refractivity contribution in [3.05, 3.63) is 35.9 Å². The first kappa shape index (κ1) is 14.9. The van der Waals surface area contributed by atoms with Crippen molar-refractivity contribution in [1.82, 2.24) is 5.32 Å². The van der Waals surface area contributed by atoms with Crippen LogP contribution in [0.1, 0.15) is 25.5 Å². The monoisotopic (exact) mass is 263 g/mol. The second kappa shape index (κ2) is 6.68. The van der Waals surface area contributed by atoms with Crippen molar-refractivity contribution in [2.24, 2.45) is 5.92 Å². The first-order valence-electron chi connectivity index (χ1n) is 5.87. The predicted molar refractivity (Wildman–Crippen MR) is 69.2 cm³/mol. The van der Waals surface area contributed by atoms with Crippen LogP contribution in [-0.4, -0.2) is 24.8 Å². The van der Waals surface area contributed by atoms with Gasteiger partial charge in [-0.1, -0.05) is 30.3 Å². The van der Waals surface area contributed by atoms with E-state index >= 15 is 0 Å². The summed E-state index contributed by atoms with van der Waals surface area (Å²) in [6.07, 6.45) is 0. The lowest BCUT2D eigenvalue weighted by atomic mass is 9.90. The van der Waals surface area contributed by atoms with Crippen LogP contribution in [0.25, 0.3) is 0 Å². The summed E-state index contributed by atoms with van der Waals surface area (Å²) in [4.78, 5) is 34.7. The average Bonchev–Trinajstić information content (AvgIpc) is 2.37. The minimum Gasteiger partial charge on any atom is -0.468 e. The van der Waals surface area contributed by atoms with Crippen molar-refractivity contribution in [3.63, 3.8) is 0 Å². The lowest BCUT2D eigenvalue weighted by Crippen LogP contribution is -2.39. The van der Waals surface area contributed by atoms with Crippen molar-refractivity contribution >= 4 is 17.7 Å². The molecule has 1 rings (SSSR count). The van der Waals surface area contributed by atoms with Crippen molar-refractivity contribution in [3.8, 4) is 0 Å². The largest absolute Gasteiger partial charge is 0.468 e. The summed E-state index contributed by atoms with van der Waals surface area (Å²) < 4.78 is 4.65. The van der Waals surface area contributed by atoms with Gasteiger partial charge in [-0.25, -0.2) is 0 Å². The van der Waals surface area contributed by atoms with E-state index in [9.17, 15) is 14.4 Å². The topological polar surface area (TPSA) is 72.5 Å². The molecule has 1 N–H and O–H groups in total. The summed E-state index contributed by atoms with van der Waals surface area (Å²) in [7, 11) is 1.22. The number of ether oxygens (including phenoxy) is 1. The molecule has 0 aromatic heterocycles. The van der Waals surface area contributed by atoms with Crippen molar-refractivity contribution in [1.29, 1.82) is 0 Å². The van der Waals surface area contributed by atoms with Gasteiger partial charge in [-0.15, -0.1) is 0 Å². The van der Waals surface area contributed by atoms with Gasteiger partial charge in [0.2, 0.25) is 5.91 Å². The number of hydrogen-bond acceptors (Lipinski definition) is 4. The summed E-state index contributed by atoms with van der Waals surface area (Å²) in [5.41, 5.74) is 0.684. The molecule has 0 heterocycles. The maximum absolute atomic E-state index is 11.8. The third-order valence-corrected chi connectivity index (χ3v) is 2.74. The zero-order valence-corrected chi connectivity index (χ0v) is 11.2. The summed E-state index contributed by atoms with van der Waals surface area (Å²) >= 11 is 0. The van der Waals surface area contributed by atoms with Crippen LogP contribution in [0.15, 0.2) is 30.3 Å². The quantitative estimate of drug-likeness (QED) is 0.641. The van der Waals surface area contributed by atoms with Gasteiger partial charge in [-0.2, -0.15) is 0 Å². The Bertz CT molecular complexity index is 470. The molecule has 2 unspecified atom stereocenters. The van der Waals surface area contributed by atoms with E-state index in [1.165, 1.54) is 21.0 Å². The van der Waals surface area contributed by atoms with Gasteiger partial charge < -0.3 is 10.1 Å². The fourth-order valence-corrected chi connectivity index (χ4v) is 1.90. The van der Waals surface area contributed by atoms with E-state index < -0.39 is 17.9 Å². The second-order valence-corrected chi connectivity index (χ2v) is 4.20. The van der Waals surface area contributed by atoms with Gasteiger partial charge in [-0.05, 0) is 12.5 Å². The fourth-order valence-electron chi connectivity index (χ4n) is 1.90. The van der Waals surface area contributed by atoms with Gasteiger partial charge in [0.25, 0.3) is 0 Å². The molecule has 1 aromatic carbocycles. The number of hydrogen-bond donors (Lipinski definition) is 1. The predicted octanol–water partition coefficient (Wildman–Crippen LogP) is 1.24. The van der Waals surface area contributed by atoms with E-state index in [2.05, 4.69) is 10.1 Å². The Kier molecular flexibility index (Phi) is 5.23. The summed E-state index contributed by atoms with van der Waals surface area (Å²) in [6, 6.07) is 8.15. The smallest absolute Gasteiger partial charge is 0.318 e. The number of Topliss-reactive ketones (excluding diaryl/α,β-unsaturated/α-hetero) is 1. The van der Waals surface area contributed by atoms with Gasteiger partial charge in [-0.3, -0.25) is 14.4 Å². The molecule has 0 aliphatic rings. The van der Waals surface area contributed by atoms with Gasteiger partial charge in [0.05, 0.1) is 13.2 Å². The van der Waals surface area contributed by atoms with Crippen molar-refractivity contribution in [2.75, 3.05) is 7.11 Å². The first-order chi connectivity index (χ1) is 8.97. The van der Waals surface area contributed by atoms with Gasteiger partial charge >= 0.3 is 5.97 Å². The third-order valence-electron chi connectivity index (χ3n) is 2.74. The fraction of sp³-hybridized carbons (Fsp3) is 0.357. The van der Waals surface area contributed by atoms with Gasteiger partial charge in [0, 0.05) is 6.92 Å². The minimum atomic E-state index is -1.05. The molecule has 5 heteroatoms. The van der Waals surface area contributed by atoms with Crippen LogP contribution in [0.3, 0.4) is 0 Å². The number of carbonyl (C=O) groups is 3. The Morgan fingerprint density at radius 3 is 2.11 bits per heavy atom. The highest BCUT2D eigenvalue weighted by Crippen LogP contribution is 2.24. The van der Waals surface area contributed by atoms with Crippen LogP contribution < -0.4 is 5.32 Å². The van der Waals surface area contributed by atoms with E-state index in [1.807, 2.05) is 6.07 Å². The van der Waals surface area contributed by atoms with Crippen LogP contribution in [0, 0.1) is 5.92 Å². The highest BCUT2D eigenvalue weighted by molar-refractivity contribution is 5.99. The lowest BCUT2D eigenvalue weighted by molar-refractivity contribution is -0.150. The summed E-state index contributed by atoms with van der Waals surface area (Å²) in [5.74, 6) is -2.37. The molecular formula is C14H17NO4. The number of carbonyl (C=O) groups excluding carboxylic acids is 3. The highest BCUT2D eigenvalue weighted by atomic mass is 16.5. The second-order valence-electron chi connectivity index (χ2n) is 4.20. The Hall–Kier alpha value is -2.17. The zero-order valence-electron chi connectivity index (χ0n) is 11.2. The molecule has 0 aliphatic carbocycles. The Labute approximate surface area is 111 Å². The molecule has 0 aliphatic heterocycles. The molecule has 5 nitrogen and oxygen atoms in total. The molecule has 19 heavy (non-hydrogen) atoms. The number of rotatable bonds is 5. The van der Waals surface area contributed by atoms with E-state index in [-0.39, 0.29) is 11.7 Å². The summed E-state index contributed by atoms with van der Waals surface area (Å²) in [6.45, 7) is 2.64. The van der Waals surface area contributed by atoms with Crippen LogP contribution in [0.5, 0.6) is 0 Å². The Morgan fingerprint density at radius 2 is 1.68 bits per heavy atom. The first-order valence-corrected chi connectivity index (χ1v) is 5.87. The molecule has 1 aromatic rings. The summed E-state index contributed by atoms with van der Waals surface area (Å²) in [5, 5.41) is 2.63. The number of amides is 1. The molecule has 0 saturated heterocycles. The number of methoxy groups -OCH3 is 1. The van der Waals surface area contributed by atoms with Crippen molar-refractivity contribution < 1.29 is 19.1 Å². The molecule has 0 saturated carbocycles. The van der Waals surface area contributed by atoms with Crippen LogP contribution in [0.4, 0.5) is 0 Å². The number of ketones is 1. The lowest BCUT2D eigenvalue weighted by Gasteiger charge is -2.24. The van der Waals surface area contributed by atoms with E-state index in [0.717, 1.165) is 0 Å². The molecule has 1 amide bonds. The van der Waals surface area contributed by atoms with Crippen LogP contribution >= 0.6 is 0 Å². The number of esters is 1. The Morgan fingerprint density at radius 1 is 1.11 bits per heavy atom. The molecule has 0 radical (unpaired) electrons. The highest BCUT2D eigenvalue weighted by Gasteiger charge is 2.34. The number of nitrogens with one attached hydrogen (secondary N) is 1. The molecule has 102 valence electrons. The standard InChI is InChI=1S/C14H17NO4/c1-9(16)12(14(18)19-3)13(15-10(2)17)11-7-5-4-6-8-11/h4-8,12-13H,1-3H3,(H,15,17). The van der Waals surface area contributed by atoms with Crippen LogP contribution in [-0.2, 0) is 19.1 Å². The normalized spacial score (nSPS) is 13.2. The average molecular weight is 263 g/mol. The van der Waals surface area contributed by atoms with Gasteiger partial charge in [0.1, 0.15) is 11.7 Å². The maximum atomic E-state index is 11.8. The van der Waals surface area contributed by atoms with Crippen molar-refractivity contribution in [2.45, 2.75) is 19.9 Å². The van der Waals surface area contributed by atoms with E-state index in [4.69, 9.17) is 0 Å². The zero-order chi connectivity index (χ0) is 14.4. The SMILES string of the molecule is COC(=O)C(C(C)=O)C(NC(C)=O)c1ccccc1. The van der Waals surface area contributed by atoms with Crippen LogP contribution in [0.2, 0.25) is 0 Å². The number of benzene rings is 1. The molecule has 2 atom stereocenters. The minimum absolute atomic E-state index is 0.316. The molecule has 0 bridgehead atoms. The van der Waals surface area contributed by atoms with Gasteiger partial charge in [0.15, 0.2) is 0 Å². The Balaban J connectivity index is 3.17. The molecule has 0 spiro atoms.